The molecule has 0 saturated heterocycles. The molecule has 27 heavy (non-hydrogen) atoms. The summed E-state index contributed by atoms with van der Waals surface area (Å²) < 4.78 is 18.0. The van der Waals surface area contributed by atoms with Gasteiger partial charge in [-0.2, -0.15) is 14.9 Å². The Morgan fingerprint density at radius 3 is 2.56 bits per heavy atom. The van der Waals surface area contributed by atoms with Gasteiger partial charge in [0.05, 0.1) is 27.5 Å². The van der Waals surface area contributed by atoms with Crippen LogP contribution >= 0.6 is 23.8 Å². The summed E-state index contributed by atoms with van der Waals surface area (Å²) in [6, 6.07) is 10.9. The fourth-order valence-corrected chi connectivity index (χ4v) is 2.93. The molecule has 140 valence electrons. The van der Waals surface area contributed by atoms with E-state index in [4.69, 9.17) is 38.0 Å². The molecule has 0 unspecified atom stereocenters. The monoisotopic (exact) mass is 404 g/mol. The molecule has 0 aliphatic rings. The van der Waals surface area contributed by atoms with Crippen LogP contribution in [0, 0.1) is 4.77 Å². The van der Waals surface area contributed by atoms with Gasteiger partial charge in [-0.15, -0.1) is 0 Å². The average Bonchev–Trinajstić information content (AvgIpc) is 3.05. The standard InChI is InChI=1S/C18H17ClN4O3S/c1-24-14-8-7-12(15(25-2)16(14)26-3)10-20-23-17(21-22-18(23)27)11-5-4-6-13(19)9-11/h4-10H,1-3H3,(H,22,27)/b20-10+. The molecule has 0 amide bonds. The molecule has 0 spiro atoms. The maximum absolute atomic E-state index is 6.07. The minimum absolute atomic E-state index is 0.348. The van der Waals surface area contributed by atoms with Gasteiger partial charge in [-0.3, -0.25) is 0 Å². The van der Waals surface area contributed by atoms with E-state index in [2.05, 4.69) is 15.3 Å². The van der Waals surface area contributed by atoms with Crippen molar-refractivity contribution in [2.75, 3.05) is 21.3 Å². The molecule has 3 aromatic rings. The fraction of sp³-hybridized carbons (Fsp3) is 0.167. The van der Waals surface area contributed by atoms with E-state index in [1.54, 1.807) is 45.7 Å². The highest BCUT2D eigenvalue weighted by Crippen LogP contribution is 2.39. The van der Waals surface area contributed by atoms with Crippen LogP contribution in [0.25, 0.3) is 11.4 Å². The molecule has 1 heterocycles. The molecule has 0 aliphatic carbocycles. The first kappa shape index (κ1) is 18.9. The number of halogens is 1. The summed E-state index contributed by atoms with van der Waals surface area (Å²) in [6.07, 6.45) is 1.61. The number of H-pyrrole nitrogens is 1. The zero-order valence-corrected chi connectivity index (χ0v) is 16.5. The normalized spacial score (nSPS) is 11.0. The molecule has 0 saturated carbocycles. The number of aromatic amines is 1. The average molecular weight is 405 g/mol. The van der Waals surface area contributed by atoms with Crippen molar-refractivity contribution in [2.45, 2.75) is 0 Å². The molecular weight excluding hydrogens is 388 g/mol. The van der Waals surface area contributed by atoms with Crippen LogP contribution in [0.15, 0.2) is 41.5 Å². The van der Waals surface area contributed by atoms with Crippen molar-refractivity contribution < 1.29 is 14.2 Å². The number of methoxy groups -OCH3 is 3. The molecule has 3 rings (SSSR count). The first-order valence-corrected chi connectivity index (χ1v) is 8.64. The van der Waals surface area contributed by atoms with Gasteiger partial charge >= 0.3 is 0 Å². The van der Waals surface area contributed by atoms with Gasteiger partial charge in [-0.1, -0.05) is 23.7 Å². The van der Waals surface area contributed by atoms with E-state index in [1.165, 1.54) is 4.68 Å². The van der Waals surface area contributed by atoms with Gasteiger partial charge in [-0.05, 0) is 36.5 Å². The van der Waals surface area contributed by atoms with E-state index >= 15 is 0 Å². The predicted molar refractivity (Wildman–Crippen MR) is 107 cm³/mol. The topological polar surface area (TPSA) is 73.7 Å². The maximum atomic E-state index is 6.07. The molecule has 7 nitrogen and oxygen atoms in total. The molecule has 0 atom stereocenters. The van der Waals surface area contributed by atoms with E-state index in [-0.39, 0.29) is 0 Å². The number of rotatable bonds is 6. The summed E-state index contributed by atoms with van der Waals surface area (Å²) in [6.45, 7) is 0. The van der Waals surface area contributed by atoms with Gasteiger partial charge in [0.15, 0.2) is 17.3 Å². The summed E-state index contributed by atoms with van der Waals surface area (Å²) in [5.74, 6) is 2.08. The van der Waals surface area contributed by atoms with Gasteiger partial charge in [0.2, 0.25) is 10.5 Å². The zero-order chi connectivity index (χ0) is 19.4. The Morgan fingerprint density at radius 2 is 1.89 bits per heavy atom. The fourth-order valence-electron chi connectivity index (χ4n) is 2.56. The summed E-state index contributed by atoms with van der Waals surface area (Å²) in [5.41, 5.74) is 1.47. The molecule has 0 fully saturated rings. The lowest BCUT2D eigenvalue weighted by Crippen LogP contribution is -2.00. The summed E-state index contributed by atoms with van der Waals surface area (Å²) in [7, 11) is 4.66. The Labute approximate surface area is 166 Å². The third-order valence-electron chi connectivity index (χ3n) is 3.78. The second-order valence-corrected chi connectivity index (χ2v) is 6.17. The van der Waals surface area contributed by atoms with Crippen LogP contribution in [-0.4, -0.2) is 42.4 Å². The number of hydrogen-bond acceptors (Lipinski definition) is 6. The Morgan fingerprint density at radius 1 is 1.11 bits per heavy atom. The SMILES string of the molecule is COc1ccc(/C=N/n2c(-c3cccc(Cl)c3)n[nH]c2=S)c(OC)c1OC. The van der Waals surface area contributed by atoms with Gasteiger partial charge < -0.3 is 14.2 Å². The molecule has 1 aromatic heterocycles. The second-order valence-electron chi connectivity index (χ2n) is 5.34. The number of nitrogens with one attached hydrogen (secondary N) is 1. The lowest BCUT2D eigenvalue weighted by Gasteiger charge is -2.13. The van der Waals surface area contributed by atoms with Crippen molar-refractivity contribution in [1.82, 2.24) is 14.9 Å². The summed E-state index contributed by atoms with van der Waals surface area (Å²) in [4.78, 5) is 0. The minimum Gasteiger partial charge on any atom is -0.493 e. The number of nitrogens with zero attached hydrogens (tertiary/aromatic N) is 3. The van der Waals surface area contributed by atoms with Crippen LogP contribution in [-0.2, 0) is 0 Å². The summed E-state index contributed by atoms with van der Waals surface area (Å²) >= 11 is 11.4. The molecular formula is C18H17ClN4O3S. The van der Waals surface area contributed by atoms with Crippen molar-refractivity contribution in [1.29, 1.82) is 0 Å². The van der Waals surface area contributed by atoms with Crippen molar-refractivity contribution in [3.8, 4) is 28.6 Å². The van der Waals surface area contributed by atoms with Crippen LogP contribution in [0.4, 0.5) is 0 Å². The Balaban J connectivity index is 2.06. The van der Waals surface area contributed by atoms with Crippen molar-refractivity contribution in [2.24, 2.45) is 5.10 Å². The number of aromatic nitrogens is 3. The maximum Gasteiger partial charge on any atom is 0.216 e. The van der Waals surface area contributed by atoms with E-state index in [1.807, 2.05) is 18.2 Å². The lowest BCUT2D eigenvalue weighted by molar-refractivity contribution is 0.324. The number of ether oxygens (including phenoxy) is 3. The number of hydrogen-bond donors (Lipinski definition) is 1. The molecule has 0 aliphatic heterocycles. The highest BCUT2D eigenvalue weighted by molar-refractivity contribution is 7.71. The third kappa shape index (κ3) is 3.81. The van der Waals surface area contributed by atoms with Crippen molar-refractivity contribution in [3.05, 3.63) is 51.8 Å². The predicted octanol–water partition coefficient (Wildman–Crippen LogP) is 4.17. The quantitative estimate of drug-likeness (QED) is 0.493. The van der Waals surface area contributed by atoms with Gasteiger partial charge in [-0.25, -0.2) is 5.10 Å². The van der Waals surface area contributed by atoms with E-state index in [0.717, 1.165) is 5.56 Å². The number of benzene rings is 2. The molecule has 2 aromatic carbocycles. The molecule has 0 radical (unpaired) electrons. The Kier molecular flexibility index (Phi) is 5.78. The van der Waals surface area contributed by atoms with E-state index in [0.29, 0.717) is 38.4 Å². The van der Waals surface area contributed by atoms with Gasteiger partial charge in [0.25, 0.3) is 0 Å². The second kappa shape index (κ2) is 8.24. The molecule has 0 bridgehead atoms. The molecule has 1 N–H and O–H groups in total. The van der Waals surface area contributed by atoms with Crippen LogP contribution in [0.1, 0.15) is 5.56 Å². The Bertz CT molecular complexity index is 1050. The van der Waals surface area contributed by atoms with Crippen LogP contribution in [0.3, 0.4) is 0 Å². The first-order valence-electron chi connectivity index (χ1n) is 7.85. The smallest absolute Gasteiger partial charge is 0.216 e. The minimum atomic E-state index is 0.348. The van der Waals surface area contributed by atoms with Gasteiger partial charge in [0, 0.05) is 16.1 Å². The highest BCUT2D eigenvalue weighted by atomic mass is 35.5. The highest BCUT2D eigenvalue weighted by Gasteiger charge is 2.15. The van der Waals surface area contributed by atoms with Crippen LogP contribution < -0.4 is 14.2 Å². The van der Waals surface area contributed by atoms with Gasteiger partial charge in [0.1, 0.15) is 0 Å². The third-order valence-corrected chi connectivity index (χ3v) is 4.28. The zero-order valence-electron chi connectivity index (χ0n) is 14.9. The Hall–Kier alpha value is -2.84. The molecule has 9 heteroatoms. The first-order chi connectivity index (χ1) is 13.1. The van der Waals surface area contributed by atoms with Crippen molar-refractivity contribution in [3.63, 3.8) is 0 Å². The van der Waals surface area contributed by atoms with Crippen LogP contribution in [0.5, 0.6) is 17.2 Å². The van der Waals surface area contributed by atoms with E-state index in [9.17, 15) is 0 Å². The van der Waals surface area contributed by atoms with E-state index < -0.39 is 0 Å². The summed E-state index contributed by atoms with van der Waals surface area (Å²) in [5, 5.41) is 12.0. The lowest BCUT2D eigenvalue weighted by atomic mass is 10.2. The van der Waals surface area contributed by atoms with Crippen molar-refractivity contribution >= 4 is 30.0 Å². The largest absolute Gasteiger partial charge is 0.493 e. The van der Waals surface area contributed by atoms with Crippen LogP contribution in [0.2, 0.25) is 5.02 Å².